The molecular formula is C18H29N5O4S. The van der Waals surface area contributed by atoms with E-state index in [2.05, 4.69) is 10.6 Å². The number of nitrogens with one attached hydrogen (secondary N) is 2. The summed E-state index contributed by atoms with van der Waals surface area (Å²) in [6, 6.07) is 6.77. The number of urea groups is 1. The number of hydrogen-bond acceptors (Lipinski definition) is 5. The van der Waals surface area contributed by atoms with Gasteiger partial charge in [-0.05, 0) is 30.2 Å². The van der Waals surface area contributed by atoms with Gasteiger partial charge in [0.25, 0.3) is 0 Å². The molecule has 1 saturated heterocycles. The van der Waals surface area contributed by atoms with Gasteiger partial charge >= 0.3 is 6.03 Å². The molecule has 1 heterocycles. The molecule has 1 aromatic carbocycles. The first-order chi connectivity index (χ1) is 13.1. The highest BCUT2D eigenvalue weighted by Crippen LogP contribution is 2.15. The number of carbonyl (C=O) groups is 2. The summed E-state index contributed by atoms with van der Waals surface area (Å²) in [5, 5.41) is 10.7. The van der Waals surface area contributed by atoms with Crippen LogP contribution in [0.1, 0.15) is 20.3 Å². The molecule has 0 aliphatic carbocycles. The van der Waals surface area contributed by atoms with Crippen molar-refractivity contribution in [1.82, 2.24) is 9.80 Å². The van der Waals surface area contributed by atoms with E-state index in [-0.39, 0.29) is 17.7 Å². The number of nitrogens with two attached hydrogens (primary N) is 1. The van der Waals surface area contributed by atoms with Crippen LogP contribution >= 0.6 is 0 Å². The van der Waals surface area contributed by atoms with Crippen molar-refractivity contribution in [3.8, 4) is 0 Å². The van der Waals surface area contributed by atoms with Crippen LogP contribution in [-0.4, -0.2) is 68.6 Å². The normalized spacial score (nSPS) is 15.5. The largest absolute Gasteiger partial charge is 0.326 e. The molecule has 0 spiro atoms. The second-order valence-electron chi connectivity index (χ2n) is 7.35. The smallest absolute Gasteiger partial charge is 0.321 e. The van der Waals surface area contributed by atoms with Crippen molar-refractivity contribution in [2.75, 3.05) is 49.1 Å². The third-order valence-corrected chi connectivity index (χ3v) is 5.12. The number of primary sulfonamides is 1. The second kappa shape index (κ2) is 9.85. The van der Waals surface area contributed by atoms with Gasteiger partial charge < -0.3 is 15.5 Å². The highest BCUT2D eigenvalue weighted by Gasteiger charge is 2.21. The van der Waals surface area contributed by atoms with E-state index < -0.39 is 10.0 Å². The Kier molecular flexibility index (Phi) is 7.78. The van der Waals surface area contributed by atoms with Crippen molar-refractivity contribution in [3.05, 3.63) is 24.3 Å². The summed E-state index contributed by atoms with van der Waals surface area (Å²) in [6.45, 7) is 6.57. The number of piperazine rings is 1. The molecule has 0 atom stereocenters. The number of amides is 3. The van der Waals surface area contributed by atoms with Crippen LogP contribution in [0.25, 0.3) is 0 Å². The van der Waals surface area contributed by atoms with E-state index in [0.29, 0.717) is 56.4 Å². The minimum Gasteiger partial charge on any atom is -0.326 e. The molecule has 0 bridgehead atoms. The monoisotopic (exact) mass is 411 g/mol. The van der Waals surface area contributed by atoms with Gasteiger partial charge in [-0.3, -0.25) is 9.69 Å². The zero-order chi connectivity index (χ0) is 20.7. The second-order valence-corrected chi connectivity index (χ2v) is 9.08. The Morgan fingerprint density at radius 2 is 1.57 bits per heavy atom. The van der Waals surface area contributed by atoms with Crippen LogP contribution in [0.5, 0.6) is 0 Å². The summed E-state index contributed by atoms with van der Waals surface area (Å²) in [4.78, 5) is 27.8. The molecule has 1 fully saturated rings. The maximum atomic E-state index is 12.4. The molecule has 1 aliphatic heterocycles. The third-order valence-electron chi connectivity index (χ3n) is 4.37. The summed E-state index contributed by atoms with van der Waals surface area (Å²) in [7, 11) is -3.47. The maximum Gasteiger partial charge on any atom is 0.321 e. The first-order valence-corrected chi connectivity index (χ1v) is 11.0. The van der Waals surface area contributed by atoms with Gasteiger partial charge in [0.15, 0.2) is 0 Å². The van der Waals surface area contributed by atoms with E-state index in [1.54, 1.807) is 29.2 Å². The fourth-order valence-corrected chi connectivity index (χ4v) is 3.37. The van der Waals surface area contributed by atoms with Crippen LogP contribution in [0, 0.1) is 5.92 Å². The Morgan fingerprint density at radius 3 is 2.07 bits per heavy atom. The van der Waals surface area contributed by atoms with Crippen molar-refractivity contribution in [3.63, 3.8) is 0 Å². The average Bonchev–Trinajstić information content (AvgIpc) is 2.60. The van der Waals surface area contributed by atoms with E-state index in [1.807, 2.05) is 18.7 Å². The lowest BCUT2D eigenvalue weighted by Gasteiger charge is -2.34. The van der Waals surface area contributed by atoms with Crippen molar-refractivity contribution < 1.29 is 18.0 Å². The quantitative estimate of drug-likeness (QED) is 0.620. The molecule has 156 valence electrons. The number of benzene rings is 1. The highest BCUT2D eigenvalue weighted by molar-refractivity contribution is 7.89. The van der Waals surface area contributed by atoms with E-state index in [1.165, 1.54) is 0 Å². The van der Waals surface area contributed by atoms with Crippen LogP contribution in [0.3, 0.4) is 0 Å². The lowest BCUT2D eigenvalue weighted by Crippen LogP contribution is -2.51. The molecule has 9 nitrogen and oxygen atoms in total. The first kappa shape index (κ1) is 22.1. The van der Waals surface area contributed by atoms with Gasteiger partial charge in [-0.15, -0.1) is 0 Å². The fourth-order valence-electron chi connectivity index (χ4n) is 2.85. The zero-order valence-electron chi connectivity index (χ0n) is 16.3. The first-order valence-electron chi connectivity index (χ1n) is 9.31. The van der Waals surface area contributed by atoms with Gasteiger partial charge in [0.1, 0.15) is 0 Å². The van der Waals surface area contributed by atoms with Gasteiger partial charge in [0.05, 0.1) is 5.75 Å². The number of rotatable bonds is 7. The molecule has 0 saturated carbocycles. The SMILES string of the molecule is CC(C)CC(=O)Nc1ccc(NC(=O)N2CCN(CCS(N)(=O)=O)CC2)cc1. The third kappa shape index (κ3) is 7.83. The number of hydrogen-bond donors (Lipinski definition) is 3. The molecule has 3 amide bonds. The standard InChI is InChI=1S/C18H29N5O4S/c1-14(2)13-17(24)20-15-3-5-16(6-4-15)21-18(25)23-9-7-22(8-10-23)11-12-28(19,26)27/h3-6,14H,7-13H2,1-2H3,(H,20,24)(H,21,25)(H2,19,26,27). The minimum atomic E-state index is -3.47. The number of anilines is 2. The van der Waals surface area contributed by atoms with E-state index in [0.717, 1.165) is 0 Å². The molecule has 10 heteroatoms. The number of sulfonamides is 1. The summed E-state index contributed by atoms with van der Waals surface area (Å²) >= 11 is 0. The molecule has 0 unspecified atom stereocenters. The Bertz CT molecular complexity index is 772. The topological polar surface area (TPSA) is 125 Å². The van der Waals surface area contributed by atoms with E-state index in [4.69, 9.17) is 5.14 Å². The molecular weight excluding hydrogens is 382 g/mol. The van der Waals surface area contributed by atoms with Crippen LogP contribution in [-0.2, 0) is 14.8 Å². The van der Waals surface area contributed by atoms with E-state index >= 15 is 0 Å². The Balaban J connectivity index is 1.78. The number of nitrogens with zero attached hydrogens (tertiary/aromatic N) is 2. The van der Waals surface area contributed by atoms with Crippen LogP contribution in [0.4, 0.5) is 16.2 Å². The predicted octanol–water partition coefficient (Wildman–Crippen LogP) is 1.11. The minimum absolute atomic E-state index is 0.0351. The molecule has 1 aliphatic rings. The number of carbonyl (C=O) groups excluding carboxylic acids is 2. The van der Waals surface area contributed by atoms with Crippen molar-refractivity contribution in [1.29, 1.82) is 0 Å². The van der Waals surface area contributed by atoms with Crippen LogP contribution in [0.2, 0.25) is 0 Å². The van der Waals surface area contributed by atoms with Gasteiger partial charge in [-0.1, -0.05) is 13.8 Å². The summed E-state index contributed by atoms with van der Waals surface area (Å²) in [6.07, 6.45) is 0.460. The van der Waals surface area contributed by atoms with Crippen LogP contribution < -0.4 is 15.8 Å². The predicted molar refractivity (Wildman–Crippen MR) is 110 cm³/mol. The van der Waals surface area contributed by atoms with Gasteiger partial charge in [0.2, 0.25) is 15.9 Å². The van der Waals surface area contributed by atoms with Crippen molar-refractivity contribution >= 4 is 33.3 Å². The molecule has 4 N–H and O–H groups in total. The summed E-state index contributed by atoms with van der Waals surface area (Å²) in [5.74, 6) is 0.171. The summed E-state index contributed by atoms with van der Waals surface area (Å²) in [5.41, 5.74) is 1.33. The Labute approximate surface area is 166 Å². The fraction of sp³-hybridized carbons (Fsp3) is 0.556. The zero-order valence-corrected chi connectivity index (χ0v) is 17.2. The van der Waals surface area contributed by atoms with Crippen molar-refractivity contribution in [2.24, 2.45) is 11.1 Å². The highest BCUT2D eigenvalue weighted by atomic mass is 32.2. The lowest BCUT2D eigenvalue weighted by atomic mass is 10.1. The summed E-state index contributed by atoms with van der Waals surface area (Å²) < 4.78 is 22.1. The Morgan fingerprint density at radius 1 is 1.04 bits per heavy atom. The van der Waals surface area contributed by atoms with Gasteiger partial charge in [-0.25, -0.2) is 18.4 Å². The average molecular weight is 412 g/mol. The molecule has 0 radical (unpaired) electrons. The maximum absolute atomic E-state index is 12.4. The van der Waals surface area contributed by atoms with Gasteiger partial charge in [0, 0.05) is 50.5 Å². The van der Waals surface area contributed by atoms with Gasteiger partial charge in [-0.2, -0.15) is 0 Å². The van der Waals surface area contributed by atoms with Crippen LogP contribution in [0.15, 0.2) is 24.3 Å². The molecule has 2 rings (SSSR count). The van der Waals surface area contributed by atoms with Crippen molar-refractivity contribution in [2.45, 2.75) is 20.3 Å². The van der Waals surface area contributed by atoms with E-state index in [9.17, 15) is 18.0 Å². The molecule has 0 aromatic heterocycles. The molecule has 1 aromatic rings. The lowest BCUT2D eigenvalue weighted by molar-refractivity contribution is -0.116. The Hall–Kier alpha value is -2.17. The molecule has 28 heavy (non-hydrogen) atoms.